The zero-order chi connectivity index (χ0) is 24.6. The van der Waals surface area contributed by atoms with E-state index in [4.69, 9.17) is 4.99 Å². The summed E-state index contributed by atoms with van der Waals surface area (Å²) in [5, 5.41) is 23.7. The van der Waals surface area contributed by atoms with Gasteiger partial charge in [0.2, 0.25) is 5.91 Å². The molecule has 1 amide bonds. The molecule has 0 spiro atoms. The van der Waals surface area contributed by atoms with Gasteiger partial charge in [-0.3, -0.25) is 14.4 Å². The number of carbonyl (C=O) groups excluding carboxylic acids is 1. The van der Waals surface area contributed by atoms with Crippen molar-refractivity contribution in [1.82, 2.24) is 20.1 Å². The Morgan fingerprint density at radius 1 is 1.06 bits per heavy atom. The van der Waals surface area contributed by atoms with Crippen LogP contribution in [0.25, 0.3) is 10.8 Å². The number of fused-ring (bicyclic) bond motifs is 2. The number of aromatic nitrogens is 3. The van der Waals surface area contributed by atoms with Crippen LogP contribution in [0.4, 0.5) is 4.39 Å². The molecule has 4 aromatic rings. The molecule has 3 aromatic carbocycles. The van der Waals surface area contributed by atoms with Gasteiger partial charge in [0.25, 0.3) is 0 Å². The molecular formula is C27H22FN5O2S. The van der Waals surface area contributed by atoms with Crippen LogP contribution in [0, 0.1) is 11.2 Å². The first kappa shape index (κ1) is 21.6. The highest BCUT2D eigenvalue weighted by atomic mass is 32.2. The maximum Gasteiger partial charge on any atom is 0.315 e. The van der Waals surface area contributed by atoms with E-state index in [-0.39, 0.29) is 29.7 Å². The highest BCUT2D eigenvalue weighted by Gasteiger charge is 2.56. The van der Waals surface area contributed by atoms with Crippen molar-refractivity contribution in [2.24, 2.45) is 10.4 Å². The molecule has 0 radical (unpaired) electrons. The topological polar surface area (TPSA) is 92.4 Å². The van der Waals surface area contributed by atoms with Crippen molar-refractivity contribution in [3.8, 4) is 6.01 Å². The van der Waals surface area contributed by atoms with Gasteiger partial charge in [-0.15, -0.1) is 5.10 Å². The zero-order valence-corrected chi connectivity index (χ0v) is 20.2. The second-order valence-electron chi connectivity index (χ2n) is 9.83. The fourth-order valence-corrected chi connectivity index (χ4v) is 7.07. The van der Waals surface area contributed by atoms with Crippen LogP contribution in [0.2, 0.25) is 0 Å². The summed E-state index contributed by atoms with van der Waals surface area (Å²) < 4.78 is 16.0. The number of nitrogens with zero attached hydrogens (tertiary/aromatic N) is 4. The molecule has 2 N–H and O–H groups in total. The summed E-state index contributed by atoms with van der Waals surface area (Å²) >= 11 is 1.49. The number of aliphatic imine (C=N–C) groups is 1. The van der Waals surface area contributed by atoms with Gasteiger partial charge >= 0.3 is 6.01 Å². The van der Waals surface area contributed by atoms with E-state index in [1.54, 1.807) is 16.7 Å². The molecule has 4 heterocycles. The molecule has 4 aliphatic rings. The van der Waals surface area contributed by atoms with Crippen molar-refractivity contribution in [2.45, 2.75) is 31.3 Å². The van der Waals surface area contributed by atoms with Crippen molar-refractivity contribution in [1.29, 1.82) is 0 Å². The first-order valence-corrected chi connectivity index (χ1v) is 12.9. The molecule has 7 nitrogen and oxygen atoms in total. The van der Waals surface area contributed by atoms with Gasteiger partial charge in [0, 0.05) is 17.1 Å². The maximum absolute atomic E-state index is 14.3. The lowest BCUT2D eigenvalue weighted by atomic mass is 9.61. The minimum absolute atomic E-state index is 0.133. The van der Waals surface area contributed by atoms with Crippen LogP contribution in [0.15, 0.2) is 65.7 Å². The number of hydrogen-bond acceptors (Lipinski definition) is 6. The third-order valence-electron chi connectivity index (χ3n) is 7.83. The maximum atomic E-state index is 14.3. The average molecular weight is 500 g/mol. The molecule has 0 saturated heterocycles. The van der Waals surface area contributed by atoms with Crippen molar-refractivity contribution in [3.05, 3.63) is 89.0 Å². The molecule has 9 heteroatoms. The third kappa shape index (κ3) is 2.92. The van der Waals surface area contributed by atoms with E-state index in [0.717, 1.165) is 22.1 Å². The SMILES string of the molecule is CC1(C(=O)NC2=NC(c3ccc(F)c4ccccc34)CS2)CC2c3ccccc3C1n1c(O)nnc12. The summed E-state index contributed by atoms with van der Waals surface area (Å²) in [4.78, 5) is 18.6. The number of halogens is 1. The molecule has 1 aliphatic carbocycles. The molecule has 8 rings (SSSR count). The second-order valence-corrected chi connectivity index (χ2v) is 10.8. The number of amides is 1. The van der Waals surface area contributed by atoms with Gasteiger partial charge in [0.15, 0.2) is 5.17 Å². The second kappa shape index (κ2) is 7.64. The molecule has 180 valence electrons. The zero-order valence-electron chi connectivity index (χ0n) is 19.4. The van der Waals surface area contributed by atoms with E-state index >= 15 is 0 Å². The number of hydrogen-bond donors (Lipinski definition) is 2. The summed E-state index contributed by atoms with van der Waals surface area (Å²) in [6.45, 7) is 1.93. The Kier molecular flexibility index (Phi) is 4.57. The Hall–Kier alpha value is -3.72. The van der Waals surface area contributed by atoms with Crippen molar-refractivity contribution >= 4 is 33.6 Å². The lowest BCUT2D eigenvalue weighted by molar-refractivity contribution is -0.132. The van der Waals surface area contributed by atoms with E-state index in [1.165, 1.54) is 17.8 Å². The Morgan fingerprint density at radius 3 is 2.64 bits per heavy atom. The predicted octanol–water partition coefficient (Wildman–Crippen LogP) is 4.68. The third-order valence-corrected chi connectivity index (χ3v) is 8.79. The van der Waals surface area contributed by atoms with Gasteiger partial charge in [-0.2, -0.15) is 0 Å². The Bertz CT molecular complexity index is 1600. The van der Waals surface area contributed by atoms with E-state index in [1.807, 2.05) is 43.3 Å². The molecule has 2 bridgehead atoms. The normalized spacial score (nSPS) is 25.9. The molecule has 4 unspecified atom stereocenters. The van der Waals surface area contributed by atoms with Gasteiger partial charge in [0.1, 0.15) is 11.6 Å². The number of thioether (sulfide) groups is 1. The number of benzene rings is 3. The standard InChI is InChI=1S/C27H22FN5O2S/c1-27(12-19-15-7-3-5-9-18(15)22(27)33-23(19)31-32-26(33)35)24(34)30-25-29-21(13-36-25)17-10-11-20(28)16-8-4-2-6-14(16)17/h2-11,19,21-22H,12-13H2,1H3,(H,32,35)(H,29,30,34). The molecular weight excluding hydrogens is 477 g/mol. The average Bonchev–Trinajstić information content (AvgIpc) is 3.52. The highest BCUT2D eigenvalue weighted by molar-refractivity contribution is 8.14. The Morgan fingerprint density at radius 2 is 1.81 bits per heavy atom. The molecule has 4 atom stereocenters. The molecule has 0 fully saturated rings. The molecule has 3 aliphatic heterocycles. The van der Waals surface area contributed by atoms with Crippen molar-refractivity contribution < 1.29 is 14.3 Å². The summed E-state index contributed by atoms with van der Waals surface area (Å²) in [5.41, 5.74) is 2.24. The number of carbonyl (C=O) groups is 1. The molecule has 36 heavy (non-hydrogen) atoms. The number of nitrogens with one attached hydrogen (secondary N) is 1. The van der Waals surface area contributed by atoms with Gasteiger partial charge < -0.3 is 10.4 Å². The number of amidine groups is 1. The van der Waals surface area contributed by atoms with Crippen LogP contribution in [0.5, 0.6) is 6.01 Å². The summed E-state index contributed by atoms with van der Waals surface area (Å²) in [7, 11) is 0. The summed E-state index contributed by atoms with van der Waals surface area (Å²) in [5.74, 6) is 0.813. The Labute approximate surface area is 210 Å². The van der Waals surface area contributed by atoms with Crippen molar-refractivity contribution in [3.63, 3.8) is 0 Å². The molecule has 0 saturated carbocycles. The molecule has 1 aromatic heterocycles. The monoisotopic (exact) mass is 499 g/mol. The van der Waals surface area contributed by atoms with E-state index < -0.39 is 11.5 Å². The van der Waals surface area contributed by atoms with Crippen LogP contribution in [-0.4, -0.2) is 36.7 Å². The quantitative estimate of drug-likeness (QED) is 0.418. The highest BCUT2D eigenvalue weighted by Crippen LogP contribution is 2.58. The van der Waals surface area contributed by atoms with Crippen LogP contribution >= 0.6 is 11.8 Å². The fourth-order valence-electron chi connectivity index (χ4n) is 6.14. The lowest BCUT2D eigenvalue weighted by Gasteiger charge is -2.49. The largest absolute Gasteiger partial charge is 0.479 e. The minimum atomic E-state index is -0.838. The van der Waals surface area contributed by atoms with Crippen LogP contribution in [-0.2, 0) is 4.79 Å². The summed E-state index contributed by atoms with van der Waals surface area (Å²) in [6.07, 6.45) is 0.558. The van der Waals surface area contributed by atoms with E-state index in [9.17, 15) is 14.3 Å². The first-order valence-electron chi connectivity index (χ1n) is 11.9. The van der Waals surface area contributed by atoms with Gasteiger partial charge in [-0.1, -0.05) is 71.5 Å². The lowest BCUT2D eigenvalue weighted by Crippen LogP contribution is -2.52. The van der Waals surface area contributed by atoms with Gasteiger partial charge in [-0.25, -0.2) is 4.39 Å². The Balaban J connectivity index is 1.22. The summed E-state index contributed by atoms with van der Waals surface area (Å²) in [6, 6.07) is 17.9. The van der Waals surface area contributed by atoms with Gasteiger partial charge in [0.05, 0.1) is 17.5 Å². The number of rotatable bonds is 2. The van der Waals surface area contributed by atoms with Crippen LogP contribution in [0.3, 0.4) is 0 Å². The first-order chi connectivity index (χ1) is 17.5. The van der Waals surface area contributed by atoms with Gasteiger partial charge in [-0.05, 0) is 41.5 Å². The predicted molar refractivity (Wildman–Crippen MR) is 136 cm³/mol. The smallest absolute Gasteiger partial charge is 0.315 e. The number of aromatic hydroxyl groups is 1. The minimum Gasteiger partial charge on any atom is -0.479 e. The van der Waals surface area contributed by atoms with E-state index in [2.05, 4.69) is 21.6 Å². The van der Waals surface area contributed by atoms with E-state index in [0.29, 0.717) is 28.6 Å². The van der Waals surface area contributed by atoms with Crippen molar-refractivity contribution in [2.75, 3.05) is 5.75 Å². The van der Waals surface area contributed by atoms with Crippen LogP contribution < -0.4 is 5.32 Å². The fraction of sp³-hybridized carbons (Fsp3) is 0.259. The van der Waals surface area contributed by atoms with Crippen LogP contribution in [0.1, 0.15) is 53.9 Å².